The van der Waals surface area contributed by atoms with E-state index in [9.17, 15) is 14.4 Å². The lowest BCUT2D eigenvalue weighted by atomic mass is 9.61. The minimum Gasteiger partial charge on any atom is -0.463 e. The van der Waals surface area contributed by atoms with Crippen molar-refractivity contribution in [1.82, 2.24) is 26.6 Å². The molecule has 2 saturated carbocycles. The second kappa shape index (κ2) is 16.1. The van der Waals surface area contributed by atoms with E-state index in [0.29, 0.717) is 43.0 Å². The van der Waals surface area contributed by atoms with E-state index in [1.807, 2.05) is 13.1 Å². The van der Waals surface area contributed by atoms with Gasteiger partial charge in [0.05, 0.1) is 18.9 Å². The van der Waals surface area contributed by atoms with Crippen LogP contribution in [0.25, 0.3) is 0 Å². The first-order valence-corrected chi connectivity index (χ1v) is 20.5. The zero-order chi connectivity index (χ0) is 37.3. The van der Waals surface area contributed by atoms with E-state index in [-0.39, 0.29) is 54.9 Å². The average molecular weight is 734 g/mol. The highest BCUT2D eigenvalue weighted by molar-refractivity contribution is 6.23. The number of esters is 1. The van der Waals surface area contributed by atoms with Gasteiger partial charge in [0, 0.05) is 43.3 Å². The number of fused-ring (bicyclic) bond motifs is 4. The molecular formula is C41H63N7O5. The lowest BCUT2D eigenvalue weighted by molar-refractivity contribution is -0.160. The number of hydrogen-bond donors (Lipinski definition) is 6. The maximum absolute atomic E-state index is 14.5. The SMILES string of the molecule is CCN[C@H]1C=C2C=CCC[C@H]2C[C@H]1COC(=O)[C@]12O[C@@]1(CC=C(C)C[C@@H](NC(N)=NC)C1CCNC3N[C@@H](NC)CCC31)C(=O)C1CCCCC1C2=O. The summed E-state index contributed by atoms with van der Waals surface area (Å²) in [4.78, 5) is 47.4. The van der Waals surface area contributed by atoms with Gasteiger partial charge in [-0.15, -0.1) is 0 Å². The van der Waals surface area contributed by atoms with Crippen LogP contribution in [-0.2, 0) is 23.9 Å². The molecule has 12 atom stereocenters. The van der Waals surface area contributed by atoms with E-state index in [4.69, 9.17) is 15.2 Å². The van der Waals surface area contributed by atoms with E-state index in [0.717, 1.165) is 70.0 Å². The van der Waals surface area contributed by atoms with Gasteiger partial charge in [-0.1, -0.05) is 49.6 Å². The van der Waals surface area contributed by atoms with Crippen LogP contribution in [0.5, 0.6) is 0 Å². The third-order valence-electron chi connectivity index (χ3n) is 13.8. The first kappa shape index (κ1) is 38.4. The summed E-state index contributed by atoms with van der Waals surface area (Å²) in [6.07, 6.45) is 19.3. The molecular weight excluding hydrogens is 670 g/mol. The number of nitrogens with zero attached hydrogens (tertiary/aromatic N) is 1. The number of carbonyl (C=O) groups is 3. The predicted octanol–water partition coefficient (Wildman–Crippen LogP) is 3.00. The first-order chi connectivity index (χ1) is 25.6. The van der Waals surface area contributed by atoms with Crippen molar-refractivity contribution in [3.63, 3.8) is 0 Å². The number of carbonyl (C=O) groups excluding carboxylic acids is 3. The van der Waals surface area contributed by atoms with Crippen LogP contribution in [0.3, 0.4) is 0 Å². The summed E-state index contributed by atoms with van der Waals surface area (Å²) >= 11 is 0. The number of nitrogens with one attached hydrogen (secondary N) is 5. The molecule has 3 saturated heterocycles. The Labute approximate surface area is 315 Å². The summed E-state index contributed by atoms with van der Waals surface area (Å²) in [6.45, 7) is 6.02. The van der Waals surface area contributed by atoms with Crippen molar-refractivity contribution in [3.05, 3.63) is 35.5 Å². The fourth-order valence-corrected chi connectivity index (χ4v) is 10.9. The highest BCUT2D eigenvalue weighted by Gasteiger charge is 2.86. The van der Waals surface area contributed by atoms with Gasteiger partial charge in [0.15, 0.2) is 23.1 Å². The van der Waals surface area contributed by atoms with E-state index >= 15 is 0 Å². The molecule has 3 heterocycles. The zero-order valence-electron chi connectivity index (χ0n) is 32.3. The monoisotopic (exact) mass is 733 g/mol. The van der Waals surface area contributed by atoms with Crippen LogP contribution in [0.4, 0.5) is 0 Å². The number of ether oxygens (including phenoxy) is 2. The standard InChI is InChI=1S/C41H63N7O5/c1-5-45-32-22-26-11-7-6-10-25(26)21-27(32)23-52-38(51)41-36(50)30-13-9-8-12-29(30)35(49)40(41,53-41)18-16-24(2)20-33(47-39(42)44-4)28-17-19-46-37-31(28)14-15-34(43-3)48-37/h7,11,16,22,25,27-34,37,43,45-46,48H,5-6,8-10,12-15,17-21,23H2,1-4H3,(H3,42,44,47)/t25-,27-,28?,29?,30?,31?,32-,33+,34+,37?,40-,41-/m0/s1. The van der Waals surface area contributed by atoms with Crippen LogP contribution in [-0.4, -0.2) is 92.9 Å². The number of rotatable bonds is 12. The van der Waals surface area contributed by atoms with Crippen molar-refractivity contribution in [2.24, 2.45) is 46.2 Å². The molecule has 292 valence electrons. The number of aliphatic imine (C=N–C) groups is 1. The molecule has 0 spiro atoms. The molecule has 4 aliphatic carbocycles. The van der Waals surface area contributed by atoms with Crippen molar-refractivity contribution in [2.45, 2.75) is 127 Å². The number of ketones is 2. The molecule has 0 aromatic carbocycles. The van der Waals surface area contributed by atoms with Crippen LogP contribution < -0.4 is 32.3 Å². The summed E-state index contributed by atoms with van der Waals surface area (Å²) in [7, 11) is 3.68. The summed E-state index contributed by atoms with van der Waals surface area (Å²) in [5, 5.41) is 17.8. The quantitative estimate of drug-likeness (QED) is 0.0435. The largest absolute Gasteiger partial charge is 0.463 e. The van der Waals surface area contributed by atoms with Crippen molar-refractivity contribution in [3.8, 4) is 0 Å². The highest BCUT2D eigenvalue weighted by Crippen LogP contribution is 2.61. The number of hydrogen-bond acceptors (Lipinski definition) is 10. The van der Waals surface area contributed by atoms with Crippen molar-refractivity contribution < 1.29 is 23.9 Å². The molecule has 7 rings (SSSR count). The van der Waals surface area contributed by atoms with Crippen molar-refractivity contribution in [2.75, 3.05) is 33.8 Å². The molecule has 7 N–H and O–H groups in total. The number of Topliss-reactive ketones (excluding diaryl/α,β-unsaturated/α-hetero) is 2. The summed E-state index contributed by atoms with van der Waals surface area (Å²) in [5.41, 5.74) is 5.31. The van der Waals surface area contributed by atoms with Gasteiger partial charge < -0.3 is 36.5 Å². The Morgan fingerprint density at radius 1 is 1.15 bits per heavy atom. The summed E-state index contributed by atoms with van der Waals surface area (Å²) < 4.78 is 12.5. The summed E-state index contributed by atoms with van der Waals surface area (Å²) in [6, 6.07) is 0.0875. The normalized spacial score (nSPS) is 40.2. The van der Waals surface area contributed by atoms with Gasteiger partial charge in [-0.25, -0.2) is 4.79 Å². The first-order valence-electron chi connectivity index (χ1n) is 20.5. The zero-order valence-corrected chi connectivity index (χ0v) is 32.3. The Morgan fingerprint density at radius 3 is 2.70 bits per heavy atom. The molecule has 0 aromatic rings. The minimum absolute atomic E-state index is 0.0191. The lowest BCUT2D eigenvalue weighted by Crippen LogP contribution is -2.65. The Hall–Kier alpha value is -2.90. The van der Waals surface area contributed by atoms with Gasteiger partial charge in [0.25, 0.3) is 5.60 Å². The topological polar surface area (TPSA) is 171 Å². The molecule has 53 heavy (non-hydrogen) atoms. The maximum atomic E-state index is 14.5. The number of piperidine rings is 2. The Kier molecular flexibility index (Phi) is 11.6. The minimum atomic E-state index is -1.87. The van der Waals surface area contributed by atoms with E-state index in [2.05, 4.69) is 63.7 Å². The molecule has 0 amide bonds. The van der Waals surface area contributed by atoms with Crippen molar-refractivity contribution in [1.29, 1.82) is 0 Å². The molecule has 12 heteroatoms. The van der Waals surface area contributed by atoms with Gasteiger partial charge in [0.2, 0.25) is 0 Å². The third kappa shape index (κ3) is 7.19. The van der Waals surface area contributed by atoms with Gasteiger partial charge in [0.1, 0.15) is 0 Å². The van der Waals surface area contributed by atoms with Crippen LogP contribution in [0.1, 0.15) is 90.9 Å². The Bertz CT molecular complexity index is 1530. The second-order valence-electron chi connectivity index (χ2n) is 16.8. The van der Waals surface area contributed by atoms with Gasteiger partial charge >= 0.3 is 5.97 Å². The van der Waals surface area contributed by atoms with Gasteiger partial charge in [-0.3, -0.25) is 19.9 Å². The number of allylic oxidation sites excluding steroid dienone is 3. The molecule has 0 bridgehead atoms. The number of nitrogens with two attached hydrogens (primary N) is 1. The molecule has 12 nitrogen and oxygen atoms in total. The molecule has 0 aromatic heterocycles. The lowest BCUT2D eigenvalue weighted by Gasteiger charge is -2.47. The van der Waals surface area contributed by atoms with Crippen LogP contribution in [0, 0.1) is 35.5 Å². The number of guanidine groups is 1. The highest BCUT2D eigenvalue weighted by atomic mass is 16.7. The Morgan fingerprint density at radius 2 is 1.94 bits per heavy atom. The van der Waals surface area contributed by atoms with E-state index in [1.54, 1.807) is 7.05 Å². The molecule has 0 radical (unpaired) electrons. The molecule has 5 fully saturated rings. The molecule has 3 aliphatic heterocycles. The second-order valence-corrected chi connectivity index (χ2v) is 16.8. The van der Waals surface area contributed by atoms with Gasteiger partial charge in [-0.05, 0) is 108 Å². The van der Waals surface area contributed by atoms with Gasteiger partial charge in [-0.2, -0.15) is 0 Å². The van der Waals surface area contributed by atoms with Crippen LogP contribution in [0.2, 0.25) is 0 Å². The van der Waals surface area contributed by atoms with E-state index < -0.39 is 29.0 Å². The summed E-state index contributed by atoms with van der Waals surface area (Å²) in [5.74, 6) is -0.272. The number of epoxide rings is 1. The molecule has 7 aliphatic rings. The fraction of sp³-hybridized carbons (Fsp3) is 0.756. The average Bonchev–Trinajstić information content (AvgIpc) is 3.89. The van der Waals surface area contributed by atoms with E-state index in [1.165, 1.54) is 5.57 Å². The van der Waals surface area contributed by atoms with Crippen molar-refractivity contribution >= 4 is 23.5 Å². The number of likely N-dealkylation sites (N-methyl/N-ethyl adjacent to an activating group) is 1. The Balaban J connectivity index is 1.10. The smallest absolute Gasteiger partial charge is 0.350 e. The van der Waals surface area contributed by atoms with Crippen LogP contribution in [0.15, 0.2) is 40.4 Å². The maximum Gasteiger partial charge on any atom is 0.350 e. The fourth-order valence-electron chi connectivity index (χ4n) is 10.9. The molecule has 5 unspecified atom stereocenters. The predicted molar refractivity (Wildman–Crippen MR) is 205 cm³/mol. The van der Waals surface area contributed by atoms with Crippen LogP contribution >= 0.6 is 0 Å². The third-order valence-corrected chi connectivity index (χ3v) is 13.8.